The molecule has 1 aromatic heterocycles. The van der Waals surface area contributed by atoms with Crippen molar-refractivity contribution in [1.82, 2.24) is 20.0 Å². The zero-order chi connectivity index (χ0) is 21.3. The van der Waals surface area contributed by atoms with Crippen LogP contribution in [0.15, 0.2) is 52.2 Å². The summed E-state index contributed by atoms with van der Waals surface area (Å²) in [4.78, 5) is 26.9. The van der Waals surface area contributed by atoms with Crippen molar-refractivity contribution in [2.75, 3.05) is 0 Å². The van der Waals surface area contributed by atoms with Gasteiger partial charge in [0.1, 0.15) is 4.90 Å². The second-order valence-electron chi connectivity index (χ2n) is 6.37. The number of halogens is 2. The van der Waals surface area contributed by atoms with E-state index in [-0.39, 0.29) is 32.2 Å². The van der Waals surface area contributed by atoms with E-state index in [4.69, 9.17) is 23.2 Å². The quantitative estimate of drug-likeness (QED) is 0.575. The zero-order valence-corrected chi connectivity index (χ0v) is 17.6. The fourth-order valence-corrected chi connectivity index (χ4v) is 4.24. The highest BCUT2D eigenvalue weighted by atomic mass is 35.5. The van der Waals surface area contributed by atoms with Gasteiger partial charge in [-0.2, -0.15) is 5.10 Å². The lowest BCUT2D eigenvalue weighted by Gasteiger charge is -2.14. The Morgan fingerprint density at radius 3 is 2.41 bits per heavy atom. The number of fused-ring (bicyclic) bond motifs is 1. The lowest BCUT2D eigenvalue weighted by molar-refractivity contribution is 0.0939. The third-order valence-electron chi connectivity index (χ3n) is 4.01. The summed E-state index contributed by atoms with van der Waals surface area (Å²) in [6.07, 6.45) is 0. The number of benzene rings is 2. The number of carbonyl (C=O) groups excluding carboxylic acids is 1. The lowest BCUT2D eigenvalue weighted by Crippen LogP contribution is -2.43. The predicted molar refractivity (Wildman–Crippen MR) is 111 cm³/mol. The van der Waals surface area contributed by atoms with Crippen LogP contribution in [0.5, 0.6) is 0 Å². The lowest BCUT2D eigenvalue weighted by atomic mass is 10.1. The predicted octanol–water partition coefficient (Wildman–Crippen LogP) is 2.91. The van der Waals surface area contributed by atoms with Gasteiger partial charge in [0.2, 0.25) is 0 Å². The van der Waals surface area contributed by atoms with Gasteiger partial charge in [0.15, 0.2) is 5.69 Å². The molecular weight excluding hydrogens is 439 g/mol. The third kappa shape index (κ3) is 4.27. The molecule has 1 heterocycles. The number of nitrogens with zero attached hydrogens (tertiary/aromatic N) is 2. The van der Waals surface area contributed by atoms with Crippen molar-refractivity contribution in [3.05, 3.63) is 68.6 Å². The highest BCUT2D eigenvalue weighted by Gasteiger charge is 2.22. The molecule has 2 N–H and O–H groups in total. The van der Waals surface area contributed by atoms with Gasteiger partial charge in [-0.3, -0.25) is 15.0 Å². The number of amides is 1. The Kier molecular flexibility index (Phi) is 5.95. The van der Waals surface area contributed by atoms with Crippen molar-refractivity contribution in [2.24, 2.45) is 0 Å². The molecule has 0 fully saturated rings. The number of hydrogen-bond donors (Lipinski definition) is 2. The molecule has 0 bridgehead atoms. The minimum absolute atomic E-state index is 0.0620. The molecule has 0 atom stereocenters. The first-order valence-corrected chi connectivity index (χ1v) is 10.6. The number of rotatable bonds is 5. The smallest absolute Gasteiger partial charge is 0.272 e. The van der Waals surface area contributed by atoms with E-state index in [1.807, 2.05) is 4.83 Å². The molecule has 0 unspecified atom stereocenters. The largest absolute Gasteiger partial charge is 0.287 e. The van der Waals surface area contributed by atoms with E-state index in [9.17, 15) is 18.0 Å². The summed E-state index contributed by atoms with van der Waals surface area (Å²) in [5.41, 5.74) is 1.65. The summed E-state index contributed by atoms with van der Waals surface area (Å²) >= 11 is 11.8. The van der Waals surface area contributed by atoms with Gasteiger partial charge < -0.3 is 0 Å². The van der Waals surface area contributed by atoms with Crippen LogP contribution in [0.25, 0.3) is 10.8 Å². The SMILES string of the molecule is CC(C)n1nc(C(=O)NNS(=O)(=O)c2cc(Cl)ccc2Cl)c2ccccc2c1=O. The van der Waals surface area contributed by atoms with Crippen LogP contribution in [0.3, 0.4) is 0 Å². The summed E-state index contributed by atoms with van der Waals surface area (Å²) in [5.74, 6) is -0.836. The normalized spacial score (nSPS) is 11.8. The van der Waals surface area contributed by atoms with Crippen molar-refractivity contribution in [2.45, 2.75) is 24.8 Å². The van der Waals surface area contributed by atoms with Gasteiger partial charge >= 0.3 is 0 Å². The van der Waals surface area contributed by atoms with Crippen LogP contribution in [-0.2, 0) is 10.0 Å². The molecule has 3 rings (SSSR count). The van der Waals surface area contributed by atoms with E-state index in [1.54, 1.807) is 38.1 Å². The summed E-state index contributed by atoms with van der Waals surface area (Å²) in [7, 11) is -4.20. The molecule has 0 spiro atoms. The van der Waals surface area contributed by atoms with E-state index < -0.39 is 15.9 Å². The van der Waals surface area contributed by atoms with Crippen LogP contribution in [0, 0.1) is 0 Å². The molecule has 0 saturated heterocycles. The molecule has 0 radical (unpaired) electrons. The molecule has 0 saturated carbocycles. The van der Waals surface area contributed by atoms with E-state index >= 15 is 0 Å². The zero-order valence-electron chi connectivity index (χ0n) is 15.3. The van der Waals surface area contributed by atoms with Crippen molar-refractivity contribution in [1.29, 1.82) is 0 Å². The van der Waals surface area contributed by atoms with Crippen LogP contribution >= 0.6 is 23.2 Å². The van der Waals surface area contributed by atoms with Crippen LogP contribution in [0.4, 0.5) is 0 Å². The van der Waals surface area contributed by atoms with Gasteiger partial charge in [-0.15, -0.1) is 4.83 Å². The van der Waals surface area contributed by atoms with Crippen molar-refractivity contribution in [3.63, 3.8) is 0 Å². The van der Waals surface area contributed by atoms with Crippen LogP contribution in [0.2, 0.25) is 10.0 Å². The Morgan fingerprint density at radius 2 is 1.76 bits per heavy atom. The summed E-state index contributed by atoms with van der Waals surface area (Å²) in [5, 5.41) is 4.81. The topological polar surface area (TPSA) is 110 Å². The first-order valence-electron chi connectivity index (χ1n) is 8.40. The molecule has 1 amide bonds. The van der Waals surface area contributed by atoms with E-state index in [2.05, 4.69) is 10.5 Å². The Labute approximate surface area is 176 Å². The third-order valence-corrected chi connectivity index (χ3v) is 5.98. The maximum absolute atomic E-state index is 12.7. The van der Waals surface area contributed by atoms with Crippen LogP contribution in [-0.4, -0.2) is 24.1 Å². The van der Waals surface area contributed by atoms with Crippen molar-refractivity contribution >= 4 is 49.9 Å². The van der Waals surface area contributed by atoms with Crippen LogP contribution in [0.1, 0.15) is 30.4 Å². The maximum Gasteiger partial charge on any atom is 0.287 e. The average molecular weight is 455 g/mol. The Balaban J connectivity index is 1.97. The molecular formula is C18H16Cl2N4O4S. The van der Waals surface area contributed by atoms with E-state index in [1.165, 1.54) is 16.8 Å². The molecule has 152 valence electrons. The van der Waals surface area contributed by atoms with E-state index in [0.29, 0.717) is 10.8 Å². The minimum atomic E-state index is -4.20. The van der Waals surface area contributed by atoms with Gasteiger partial charge in [0.25, 0.3) is 21.5 Å². The summed E-state index contributed by atoms with van der Waals surface area (Å²) in [6, 6.07) is 10.1. The molecule has 8 nitrogen and oxygen atoms in total. The second-order valence-corrected chi connectivity index (χ2v) is 8.87. The Morgan fingerprint density at radius 1 is 1.10 bits per heavy atom. The number of hydrogen-bond acceptors (Lipinski definition) is 5. The summed E-state index contributed by atoms with van der Waals surface area (Å²) < 4.78 is 26.1. The molecule has 0 aliphatic heterocycles. The highest BCUT2D eigenvalue weighted by molar-refractivity contribution is 7.89. The standard InChI is InChI=1S/C18H16Cl2N4O4S/c1-10(2)24-18(26)13-6-4-3-5-12(13)16(22-24)17(25)21-23-29(27,28)15-9-11(19)7-8-14(15)20/h3-10,23H,1-2H3,(H,21,25). The second kappa shape index (κ2) is 8.11. The van der Waals surface area contributed by atoms with Gasteiger partial charge in [0.05, 0.1) is 16.5 Å². The van der Waals surface area contributed by atoms with Gasteiger partial charge in [-0.05, 0) is 38.1 Å². The first kappa shape index (κ1) is 21.3. The number of aromatic nitrogens is 2. The monoisotopic (exact) mass is 454 g/mol. The number of hydrazine groups is 1. The minimum Gasteiger partial charge on any atom is -0.272 e. The molecule has 2 aromatic carbocycles. The average Bonchev–Trinajstić information content (AvgIpc) is 2.68. The van der Waals surface area contributed by atoms with Gasteiger partial charge in [0, 0.05) is 10.4 Å². The van der Waals surface area contributed by atoms with E-state index in [0.717, 1.165) is 6.07 Å². The van der Waals surface area contributed by atoms with Crippen molar-refractivity contribution in [3.8, 4) is 0 Å². The van der Waals surface area contributed by atoms with Crippen molar-refractivity contribution < 1.29 is 13.2 Å². The van der Waals surface area contributed by atoms with Crippen LogP contribution < -0.4 is 15.8 Å². The molecule has 3 aromatic rings. The molecule has 0 aliphatic rings. The maximum atomic E-state index is 12.7. The molecule has 0 aliphatic carbocycles. The fraction of sp³-hybridized carbons (Fsp3) is 0.167. The van der Waals surface area contributed by atoms with Gasteiger partial charge in [-0.1, -0.05) is 41.4 Å². The Hall–Kier alpha value is -2.46. The fourth-order valence-electron chi connectivity index (χ4n) is 2.64. The summed E-state index contributed by atoms with van der Waals surface area (Å²) in [6.45, 7) is 3.49. The highest BCUT2D eigenvalue weighted by Crippen LogP contribution is 2.24. The molecule has 11 heteroatoms. The molecule has 29 heavy (non-hydrogen) atoms. The van der Waals surface area contributed by atoms with Gasteiger partial charge in [-0.25, -0.2) is 13.1 Å². The first-order chi connectivity index (χ1) is 13.6. The number of carbonyl (C=O) groups is 1. The number of nitrogens with one attached hydrogen (secondary N) is 2. The number of sulfonamides is 1. The Bertz CT molecular complexity index is 1270.